The van der Waals surface area contributed by atoms with Crippen LogP contribution in [0.15, 0.2) is 121 Å². The van der Waals surface area contributed by atoms with E-state index in [-0.39, 0.29) is 23.6 Å². The lowest BCUT2D eigenvalue weighted by molar-refractivity contribution is -0.121. The molecule has 2 heterocycles. The molecule has 0 bridgehead atoms. The van der Waals surface area contributed by atoms with Gasteiger partial charge in [0.1, 0.15) is 0 Å². The molecule has 0 unspecified atom stereocenters. The van der Waals surface area contributed by atoms with Gasteiger partial charge in [-0.2, -0.15) is 0 Å². The maximum atomic E-state index is 11.9. The fourth-order valence-corrected chi connectivity index (χ4v) is 5.24. The van der Waals surface area contributed by atoms with Crippen LogP contribution in [0.1, 0.15) is 22.3 Å². The molecule has 2 aliphatic rings. The van der Waals surface area contributed by atoms with Gasteiger partial charge in [-0.3, -0.25) is 19.2 Å². The maximum Gasteiger partial charge on any atom is 0.258 e. The number of aryl methyl sites for hydroxylation is 4. The summed E-state index contributed by atoms with van der Waals surface area (Å²) in [6, 6.07) is 32.4. The molecule has 4 aromatic rings. The first-order valence-corrected chi connectivity index (χ1v) is 13.9. The molecule has 6 rings (SSSR count). The van der Waals surface area contributed by atoms with Gasteiger partial charge in [-0.15, -0.1) is 0 Å². The minimum Gasteiger partial charge on any atom is -0.269 e. The third-order valence-electron chi connectivity index (χ3n) is 7.65. The van der Waals surface area contributed by atoms with Crippen LogP contribution >= 0.6 is 0 Å². The standard InChI is InChI=1S/C36H28N2O4/c39-33-21-22-34(40)37(33)31-17-9-27(10-18-31)3-1-25-5-13-29(14-6-25)30-15-7-26(8-16-30)2-4-28-11-19-32(20-12-28)38-35(41)23-24-36(38)42/h5-24H,1-4H2. The number of carbonyl (C=O) groups is 4. The van der Waals surface area contributed by atoms with E-state index in [0.29, 0.717) is 11.4 Å². The molecule has 0 spiro atoms. The highest BCUT2D eigenvalue weighted by Gasteiger charge is 2.25. The summed E-state index contributed by atoms with van der Waals surface area (Å²) in [5.41, 5.74) is 8.31. The Labute approximate surface area is 244 Å². The molecule has 0 radical (unpaired) electrons. The number of hydrogen-bond acceptors (Lipinski definition) is 4. The maximum absolute atomic E-state index is 11.9. The van der Waals surface area contributed by atoms with Crippen molar-refractivity contribution in [2.45, 2.75) is 25.7 Å². The van der Waals surface area contributed by atoms with Gasteiger partial charge in [0.15, 0.2) is 0 Å². The number of hydrogen-bond donors (Lipinski definition) is 0. The Morgan fingerprint density at radius 1 is 0.333 bits per heavy atom. The first-order valence-electron chi connectivity index (χ1n) is 13.9. The molecule has 6 heteroatoms. The zero-order valence-corrected chi connectivity index (χ0v) is 22.9. The normalized spacial score (nSPS) is 14.5. The van der Waals surface area contributed by atoms with E-state index in [1.807, 2.05) is 48.5 Å². The van der Waals surface area contributed by atoms with Crippen LogP contribution in [0.4, 0.5) is 11.4 Å². The lowest BCUT2D eigenvalue weighted by Crippen LogP contribution is -2.29. The van der Waals surface area contributed by atoms with Crippen molar-refractivity contribution >= 4 is 35.0 Å². The average Bonchev–Trinajstić information content (AvgIpc) is 3.54. The summed E-state index contributed by atoms with van der Waals surface area (Å²) >= 11 is 0. The zero-order chi connectivity index (χ0) is 29.1. The molecule has 0 N–H and O–H groups in total. The van der Waals surface area contributed by atoms with Crippen molar-refractivity contribution in [2.24, 2.45) is 0 Å². The number of benzene rings is 4. The first-order chi connectivity index (χ1) is 20.4. The van der Waals surface area contributed by atoms with Crippen molar-refractivity contribution in [2.75, 3.05) is 9.80 Å². The zero-order valence-electron chi connectivity index (χ0n) is 22.9. The highest BCUT2D eigenvalue weighted by molar-refractivity contribution is 6.28. The summed E-state index contributed by atoms with van der Waals surface area (Å²) in [6.07, 6.45) is 8.69. The SMILES string of the molecule is O=C1C=CC(=O)N1c1ccc(CCc2ccc(-c3ccc(CCc4ccc(N5C(=O)C=CC5=O)cc4)cc3)cc2)cc1. The van der Waals surface area contributed by atoms with Crippen LogP contribution in [0.5, 0.6) is 0 Å². The van der Waals surface area contributed by atoms with Gasteiger partial charge < -0.3 is 0 Å². The van der Waals surface area contributed by atoms with Crippen LogP contribution in [0, 0.1) is 0 Å². The van der Waals surface area contributed by atoms with Gasteiger partial charge in [0.2, 0.25) is 0 Å². The van der Waals surface area contributed by atoms with Crippen molar-refractivity contribution in [3.8, 4) is 11.1 Å². The topological polar surface area (TPSA) is 74.8 Å². The molecule has 42 heavy (non-hydrogen) atoms. The van der Waals surface area contributed by atoms with Gasteiger partial charge in [-0.05, 0) is 83.3 Å². The van der Waals surface area contributed by atoms with Crippen LogP contribution in [0.3, 0.4) is 0 Å². The molecule has 0 atom stereocenters. The van der Waals surface area contributed by atoms with Crippen LogP contribution in [0.25, 0.3) is 11.1 Å². The molecule has 0 saturated heterocycles. The minimum absolute atomic E-state index is 0.305. The third kappa shape index (κ3) is 5.74. The monoisotopic (exact) mass is 552 g/mol. The first kappa shape index (κ1) is 26.8. The van der Waals surface area contributed by atoms with E-state index in [2.05, 4.69) is 48.5 Å². The molecular formula is C36H28N2O4. The molecule has 6 nitrogen and oxygen atoms in total. The Morgan fingerprint density at radius 3 is 0.833 bits per heavy atom. The highest BCUT2D eigenvalue weighted by Crippen LogP contribution is 2.24. The van der Waals surface area contributed by atoms with E-state index >= 15 is 0 Å². The minimum atomic E-state index is -0.305. The van der Waals surface area contributed by atoms with Crippen LogP contribution in [0.2, 0.25) is 0 Å². The summed E-state index contributed by atoms with van der Waals surface area (Å²) in [5.74, 6) is -1.22. The third-order valence-corrected chi connectivity index (χ3v) is 7.65. The van der Waals surface area contributed by atoms with Crippen LogP contribution in [-0.2, 0) is 44.9 Å². The number of nitrogens with zero attached hydrogens (tertiary/aromatic N) is 2. The summed E-state index contributed by atoms with van der Waals surface area (Å²) in [7, 11) is 0. The quantitative estimate of drug-likeness (QED) is 0.247. The van der Waals surface area contributed by atoms with Gasteiger partial charge in [0.25, 0.3) is 23.6 Å². The Bertz CT molecular complexity index is 1550. The van der Waals surface area contributed by atoms with Crippen LogP contribution in [-0.4, -0.2) is 23.6 Å². The molecule has 206 valence electrons. The molecule has 4 aromatic carbocycles. The van der Waals surface area contributed by atoms with Gasteiger partial charge >= 0.3 is 0 Å². The molecule has 0 aliphatic carbocycles. The van der Waals surface area contributed by atoms with E-state index in [1.165, 1.54) is 56.4 Å². The number of rotatable bonds is 9. The fraction of sp³-hybridized carbons (Fsp3) is 0.111. The van der Waals surface area contributed by atoms with Crippen molar-refractivity contribution in [1.29, 1.82) is 0 Å². The second kappa shape index (κ2) is 11.6. The summed E-state index contributed by atoms with van der Waals surface area (Å²) in [6.45, 7) is 0. The number of imide groups is 2. The average molecular weight is 553 g/mol. The molecular weight excluding hydrogens is 524 g/mol. The molecule has 4 amide bonds. The van der Waals surface area contributed by atoms with Gasteiger partial charge in [-0.1, -0.05) is 72.8 Å². The molecule has 0 saturated carbocycles. The molecule has 0 fully saturated rings. The van der Waals surface area contributed by atoms with E-state index in [1.54, 1.807) is 0 Å². The second-order valence-electron chi connectivity index (χ2n) is 10.4. The Kier molecular flexibility index (Phi) is 7.43. The van der Waals surface area contributed by atoms with Gasteiger partial charge in [0, 0.05) is 24.3 Å². The van der Waals surface area contributed by atoms with E-state index < -0.39 is 0 Å². The van der Waals surface area contributed by atoms with E-state index in [4.69, 9.17) is 0 Å². The van der Waals surface area contributed by atoms with Crippen molar-refractivity contribution in [3.05, 3.63) is 144 Å². The van der Waals surface area contributed by atoms with Crippen molar-refractivity contribution in [1.82, 2.24) is 0 Å². The lowest BCUT2D eigenvalue weighted by atomic mass is 9.98. The number of anilines is 2. The second-order valence-corrected chi connectivity index (χ2v) is 10.4. The Balaban J connectivity index is 0.998. The van der Waals surface area contributed by atoms with Crippen molar-refractivity contribution in [3.63, 3.8) is 0 Å². The predicted molar refractivity (Wildman–Crippen MR) is 163 cm³/mol. The Morgan fingerprint density at radius 2 is 0.571 bits per heavy atom. The largest absolute Gasteiger partial charge is 0.269 e. The van der Waals surface area contributed by atoms with E-state index in [9.17, 15) is 19.2 Å². The summed E-state index contributed by atoms with van der Waals surface area (Å²) in [4.78, 5) is 49.8. The van der Waals surface area contributed by atoms with Gasteiger partial charge in [0.05, 0.1) is 11.4 Å². The fourth-order valence-electron chi connectivity index (χ4n) is 5.24. The predicted octanol–water partition coefficient (Wildman–Crippen LogP) is 5.78. The summed E-state index contributed by atoms with van der Waals surface area (Å²) in [5, 5.41) is 0. The molecule has 2 aliphatic heterocycles. The van der Waals surface area contributed by atoms with Gasteiger partial charge in [-0.25, -0.2) is 9.80 Å². The van der Waals surface area contributed by atoms with Crippen molar-refractivity contribution < 1.29 is 19.2 Å². The Hall–Kier alpha value is -5.36. The number of amides is 4. The highest BCUT2D eigenvalue weighted by atomic mass is 16.2. The number of carbonyl (C=O) groups excluding carboxylic acids is 4. The molecule has 0 aromatic heterocycles. The van der Waals surface area contributed by atoms with E-state index in [0.717, 1.165) is 36.8 Å². The summed E-state index contributed by atoms with van der Waals surface area (Å²) < 4.78 is 0. The smallest absolute Gasteiger partial charge is 0.258 e. The lowest BCUT2D eigenvalue weighted by Gasteiger charge is -2.14. The van der Waals surface area contributed by atoms with Crippen LogP contribution < -0.4 is 9.80 Å².